The van der Waals surface area contributed by atoms with E-state index in [2.05, 4.69) is 20.6 Å². The number of hydrogen-bond acceptors (Lipinski definition) is 5. The van der Waals surface area contributed by atoms with E-state index in [4.69, 9.17) is 0 Å². The SMILES string of the molecule is O=C(CNc1c(F)c(F)c(CNC(=O)c2ccccn2)c(F)c1F)c1ccccn1. The van der Waals surface area contributed by atoms with E-state index in [1.165, 1.54) is 36.7 Å². The molecule has 0 fully saturated rings. The molecule has 10 heteroatoms. The molecule has 1 aromatic carbocycles. The Balaban J connectivity index is 1.76. The van der Waals surface area contributed by atoms with E-state index < -0.39 is 59.3 Å². The number of hydrogen-bond donors (Lipinski definition) is 2. The standard InChI is InChI=1S/C20H14F4N4O2/c21-15-11(9-28-20(30)13-6-2-4-8-26-13)16(22)18(24)19(17(15)23)27-10-14(29)12-5-1-3-7-25-12/h1-8,27H,9-10H2,(H,28,30). The van der Waals surface area contributed by atoms with Crippen molar-refractivity contribution in [1.82, 2.24) is 15.3 Å². The van der Waals surface area contributed by atoms with Crippen molar-refractivity contribution in [3.8, 4) is 0 Å². The number of carbonyl (C=O) groups excluding carboxylic acids is 2. The minimum absolute atomic E-state index is 0.0145. The van der Waals surface area contributed by atoms with E-state index in [0.29, 0.717) is 0 Å². The summed E-state index contributed by atoms with van der Waals surface area (Å²) in [6.45, 7) is -1.45. The zero-order valence-corrected chi connectivity index (χ0v) is 15.3. The molecular weight excluding hydrogens is 404 g/mol. The van der Waals surface area contributed by atoms with Crippen molar-refractivity contribution in [2.24, 2.45) is 0 Å². The number of rotatable bonds is 7. The van der Waals surface area contributed by atoms with Gasteiger partial charge in [-0.1, -0.05) is 12.1 Å². The average molecular weight is 418 g/mol. The number of aromatic nitrogens is 2. The summed E-state index contributed by atoms with van der Waals surface area (Å²) in [4.78, 5) is 31.4. The molecule has 6 nitrogen and oxygen atoms in total. The van der Waals surface area contributed by atoms with E-state index in [9.17, 15) is 27.2 Å². The summed E-state index contributed by atoms with van der Waals surface area (Å²) in [7, 11) is 0. The van der Waals surface area contributed by atoms with Crippen LogP contribution in [0.4, 0.5) is 23.2 Å². The molecule has 30 heavy (non-hydrogen) atoms. The maximum absolute atomic E-state index is 14.3. The molecule has 0 radical (unpaired) electrons. The van der Waals surface area contributed by atoms with Crippen molar-refractivity contribution in [3.63, 3.8) is 0 Å². The van der Waals surface area contributed by atoms with Gasteiger partial charge in [0.25, 0.3) is 5.91 Å². The molecule has 0 unspecified atom stereocenters. The number of pyridine rings is 2. The maximum Gasteiger partial charge on any atom is 0.270 e. The lowest BCUT2D eigenvalue weighted by atomic mass is 10.1. The molecule has 0 saturated heterocycles. The third kappa shape index (κ3) is 4.43. The smallest absolute Gasteiger partial charge is 0.270 e. The Morgan fingerprint density at radius 1 is 0.800 bits per heavy atom. The van der Waals surface area contributed by atoms with Gasteiger partial charge < -0.3 is 10.6 Å². The lowest BCUT2D eigenvalue weighted by Crippen LogP contribution is -2.26. The fourth-order valence-corrected chi connectivity index (χ4v) is 2.53. The highest BCUT2D eigenvalue weighted by molar-refractivity contribution is 5.97. The molecule has 3 aromatic rings. The fraction of sp³-hybridized carbons (Fsp3) is 0.100. The lowest BCUT2D eigenvalue weighted by Gasteiger charge is -2.14. The maximum atomic E-state index is 14.3. The molecule has 0 aliphatic rings. The highest BCUT2D eigenvalue weighted by Gasteiger charge is 2.26. The predicted molar refractivity (Wildman–Crippen MR) is 98.7 cm³/mol. The Kier molecular flexibility index (Phi) is 6.35. The number of carbonyl (C=O) groups is 2. The average Bonchev–Trinajstić information content (AvgIpc) is 2.78. The fourth-order valence-electron chi connectivity index (χ4n) is 2.53. The van der Waals surface area contributed by atoms with Crippen LogP contribution in [0.25, 0.3) is 0 Å². The quantitative estimate of drug-likeness (QED) is 0.350. The largest absolute Gasteiger partial charge is 0.373 e. The van der Waals surface area contributed by atoms with Crippen LogP contribution in [0.5, 0.6) is 0 Å². The van der Waals surface area contributed by atoms with Crippen molar-refractivity contribution in [1.29, 1.82) is 0 Å². The Morgan fingerprint density at radius 3 is 1.90 bits per heavy atom. The van der Waals surface area contributed by atoms with Crippen LogP contribution in [0.3, 0.4) is 0 Å². The Bertz CT molecular complexity index is 964. The second-order valence-corrected chi connectivity index (χ2v) is 6.00. The Hall–Kier alpha value is -3.82. The summed E-state index contributed by atoms with van der Waals surface area (Å²) in [6, 6.07) is 8.93. The van der Waals surface area contributed by atoms with Gasteiger partial charge in [0, 0.05) is 24.5 Å². The summed E-state index contributed by atoms with van der Waals surface area (Å²) < 4.78 is 57.2. The van der Waals surface area contributed by atoms with Gasteiger partial charge in [-0.25, -0.2) is 17.6 Å². The van der Waals surface area contributed by atoms with Gasteiger partial charge in [0.2, 0.25) is 0 Å². The molecule has 0 aliphatic carbocycles. The molecule has 0 aliphatic heterocycles. The summed E-state index contributed by atoms with van der Waals surface area (Å²) in [5, 5.41) is 4.21. The third-order valence-electron chi connectivity index (χ3n) is 4.05. The first-order chi connectivity index (χ1) is 14.4. The van der Waals surface area contributed by atoms with Gasteiger partial charge >= 0.3 is 0 Å². The zero-order valence-electron chi connectivity index (χ0n) is 15.3. The van der Waals surface area contributed by atoms with Crippen LogP contribution in [0.2, 0.25) is 0 Å². The van der Waals surface area contributed by atoms with Crippen molar-refractivity contribution < 1.29 is 27.2 Å². The van der Waals surface area contributed by atoms with Gasteiger partial charge in [0.1, 0.15) is 17.1 Å². The third-order valence-corrected chi connectivity index (χ3v) is 4.05. The zero-order chi connectivity index (χ0) is 21.7. The number of halogens is 4. The van der Waals surface area contributed by atoms with Gasteiger partial charge in [0.05, 0.1) is 6.54 Å². The summed E-state index contributed by atoms with van der Waals surface area (Å²) in [5.74, 6) is -8.24. The number of nitrogens with zero attached hydrogens (tertiary/aromatic N) is 2. The Morgan fingerprint density at radius 2 is 1.37 bits per heavy atom. The van der Waals surface area contributed by atoms with E-state index in [0.717, 1.165) is 0 Å². The summed E-state index contributed by atoms with van der Waals surface area (Å²) in [5.41, 5.74) is -2.16. The molecule has 2 aromatic heterocycles. The molecule has 3 rings (SSSR count). The molecule has 2 heterocycles. The molecule has 0 atom stereocenters. The lowest BCUT2D eigenvalue weighted by molar-refractivity contribution is 0.0943. The van der Waals surface area contributed by atoms with E-state index in [1.54, 1.807) is 12.1 Å². The summed E-state index contributed by atoms with van der Waals surface area (Å²) in [6.07, 6.45) is 2.68. The predicted octanol–water partition coefficient (Wildman–Crippen LogP) is 3.26. The van der Waals surface area contributed by atoms with Crippen LogP contribution in [-0.2, 0) is 6.54 Å². The second-order valence-electron chi connectivity index (χ2n) is 6.00. The number of nitrogens with one attached hydrogen (secondary N) is 2. The van der Waals surface area contributed by atoms with Crippen LogP contribution in [-0.4, -0.2) is 28.2 Å². The minimum Gasteiger partial charge on any atom is -0.373 e. The monoisotopic (exact) mass is 418 g/mol. The van der Waals surface area contributed by atoms with Crippen molar-refractivity contribution >= 4 is 17.4 Å². The van der Waals surface area contributed by atoms with Gasteiger partial charge in [-0.15, -0.1) is 0 Å². The van der Waals surface area contributed by atoms with E-state index in [-0.39, 0.29) is 11.4 Å². The number of Topliss-reactive ketones (excluding diaryl/α,β-unsaturated/α-hetero) is 1. The van der Waals surface area contributed by atoms with E-state index in [1.807, 2.05) is 0 Å². The van der Waals surface area contributed by atoms with E-state index >= 15 is 0 Å². The minimum atomic E-state index is -1.72. The molecule has 154 valence electrons. The number of benzene rings is 1. The van der Waals surface area contributed by atoms with Crippen molar-refractivity contribution in [2.75, 3.05) is 11.9 Å². The van der Waals surface area contributed by atoms with Crippen molar-refractivity contribution in [2.45, 2.75) is 6.54 Å². The number of anilines is 1. The Labute approximate surface area is 168 Å². The van der Waals surface area contributed by atoms with Crippen LogP contribution >= 0.6 is 0 Å². The second kappa shape index (κ2) is 9.12. The molecular formula is C20H14F4N4O2. The molecule has 0 spiro atoms. The van der Waals surface area contributed by atoms with Crippen molar-refractivity contribution in [3.05, 3.63) is 89.0 Å². The van der Waals surface area contributed by atoms with Crippen LogP contribution in [0.1, 0.15) is 26.5 Å². The number of amides is 1. The molecule has 0 bridgehead atoms. The van der Waals surface area contributed by atoms with Gasteiger partial charge in [-0.05, 0) is 24.3 Å². The van der Waals surface area contributed by atoms with Gasteiger partial charge in [0.15, 0.2) is 29.1 Å². The first-order valence-electron chi connectivity index (χ1n) is 8.62. The van der Waals surface area contributed by atoms with Crippen LogP contribution < -0.4 is 10.6 Å². The van der Waals surface area contributed by atoms with Crippen LogP contribution in [0, 0.1) is 23.3 Å². The summed E-state index contributed by atoms with van der Waals surface area (Å²) >= 11 is 0. The van der Waals surface area contributed by atoms with Gasteiger partial charge in [-0.2, -0.15) is 0 Å². The first-order valence-corrected chi connectivity index (χ1v) is 8.62. The normalized spacial score (nSPS) is 10.5. The molecule has 2 N–H and O–H groups in total. The topological polar surface area (TPSA) is 84.0 Å². The molecule has 1 amide bonds. The van der Waals surface area contributed by atoms with Gasteiger partial charge in [-0.3, -0.25) is 19.6 Å². The number of ketones is 1. The van der Waals surface area contributed by atoms with Crippen LogP contribution in [0.15, 0.2) is 48.8 Å². The highest BCUT2D eigenvalue weighted by atomic mass is 19.2. The molecule has 0 saturated carbocycles. The highest BCUT2D eigenvalue weighted by Crippen LogP contribution is 2.28. The first kappa shape index (κ1) is 20.9.